The molecular formula is C16H11N2+. The zero-order valence-electron chi connectivity index (χ0n) is 9.75. The molecule has 0 aliphatic carbocycles. The van der Waals surface area contributed by atoms with Gasteiger partial charge in [0.15, 0.2) is 5.52 Å². The molecule has 0 radical (unpaired) electrons. The monoisotopic (exact) mass is 231 g/mol. The van der Waals surface area contributed by atoms with Gasteiger partial charge in [0.2, 0.25) is 0 Å². The summed E-state index contributed by atoms with van der Waals surface area (Å²) in [5, 5.41) is 3.57. The maximum absolute atomic E-state index is 4.77. The van der Waals surface area contributed by atoms with Crippen molar-refractivity contribution in [3.8, 4) is 0 Å². The first kappa shape index (κ1) is 9.54. The number of fused-ring (bicyclic) bond motifs is 4. The molecule has 0 atom stereocenters. The van der Waals surface area contributed by atoms with Gasteiger partial charge >= 0.3 is 5.65 Å². The van der Waals surface area contributed by atoms with Crippen molar-refractivity contribution in [1.29, 1.82) is 0 Å². The maximum atomic E-state index is 4.77. The second-order valence-corrected chi connectivity index (χ2v) is 4.43. The maximum Gasteiger partial charge on any atom is 0.336 e. The van der Waals surface area contributed by atoms with E-state index < -0.39 is 0 Å². The van der Waals surface area contributed by atoms with Crippen LogP contribution in [0.5, 0.6) is 0 Å². The van der Waals surface area contributed by atoms with Gasteiger partial charge in [-0.25, -0.2) is 4.40 Å². The number of aromatic nitrogens is 2. The van der Waals surface area contributed by atoms with Crippen molar-refractivity contribution in [3.05, 3.63) is 67.0 Å². The minimum absolute atomic E-state index is 1.01. The fraction of sp³-hybridized carbons (Fsp3) is 0. The molecular weight excluding hydrogens is 220 g/mol. The van der Waals surface area contributed by atoms with Gasteiger partial charge < -0.3 is 0 Å². The van der Waals surface area contributed by atoms with Crippen molar-refractivity contribution in [1.82, 2.24) is 4.98 Å². The molecule has 18 heavy (non-hydrogen) atoms. The Balaban J connectivity index is 2.27. The summed E-state index contributed by atoms with van der Waals surface area (Å²) in [4.78, 5) is 4.77. The van der Waals surface area contributed by atoms with E-state index in [4.69, 9.17) is 4.98 Å². The summed E-state index contributed by atoms with van der Waals surface area (Å²) in [6.45, 7) is 0. The third-order valence-corrected chi connectivity index (χ3v) is 3.30. The third kappa shape index (κ3) is 1.29. The molecule has 84 valence electrons. The van der Waals surface area contributed by atoms with E-state index in [9.17, 15) is 0 Å². The van der Waals surface area contributed by atoms with Crippen molar-refractivity contribution < 1.29 is 4.40 Å². The number of benzene rings is 2. The quantitative estimate of drug-likeness (QED) is 0.258. The molecule has 0 saturated carbocycles. The van der Waals surface area contributed by atoms with Crippen LogP contribution in [0, 0.1) is 0 Å². The average Bonchev–Trinajstić information content (AvgIpc) is 2.45. The summed E-state index contributed by atoms with van der Waals surface area (Å²) in [5.74, 6) is 0. The summed E-state index contributed by atoms with van der Waals surface area (Å²) in [6.07, 6.45) is 4.20. The fourth-order valence-electron chi connectivity index (χ4n) is 2.40. The Hall–Kier alpha value is -2.48. The summed E-state index contributed by atoms with van der Waals surface area (Å²) in [5.41, 5.74) is 2.04. The van der Waals surface area contributed by atoms with Crippen LogP contribution in [0.3, 0.4) is 0 Å². The van der Waals surface area contributed by atoms with Gasteiger partial charge in [-0.1, -0.05) is 30.3 Å². The summed E-state index contributed by atoms with van der Waals surface area (Å²) in [7, 11) is 0. The van der Waals surface area contributed by atoms with Crippen LogP contribution in [0.15, 0.2) is 67.0 Å². The van der Waals surface area contributed by atoms with Gasteiger partial charge in [-0.05, 0) is 34.6 Å². The molecule has 4 rings (SSSR count). The van der Waals surface area contributed by atoms with Gasteiger partial charge in [0.25, 0.3) is 0 Å². The van der Waals surface area contributed by atoms with Crippen LogP contribution < -0.4 is 4.40 Å². The highest BCUT2D eigenvalue weighted by atomic mass is 15.0. The Labute approximate surface area is 104 Å². The fourth-order valence-corrected chi connectivity index (χ4v) is 2.40. The van der Waals surface area contributed by atoms with Crippen LogP contribution >= 0.6 is 0 Å². The Kier molecular flexibility index (Phi) is 1.86. The van der Waals surface area contributed by atoms with Crippen LogP contribution in [0.25, 0.3) is 27.3 Å². The van der Waals surface area contributed by atoms with E-state index in [1.807, 2.05) is 12.1 Å². The third-order valence-electron chi connectivity index (χ3n) is 3.30. The van der Waals surface area contributed by atoms with Crippen LogP contribution in [-0.4, -0.2) is 4.98 Å². The lowest BCUT2D eigenvalue weighted by Crippen LogP contribution is -2.22. The van der Waals surface area contributed by atoms with Crippen LogP contribution in [0.4, 0.5) is 0 Å². The molecule has 0 fully saturated rings. The standard InChI is InChI=1S/C16H11N2/c1-3-7-14-12(5-1)9-10-18-11-13-6-2-4-8-15(13)17-16(14)18/h1-11H/q+1. The molecule has 0 spiro atoms. The highest BCUT2D eigenvalue weighted by molar-refractivity contribution is 5.93. The second-order valence-electron chi connectivity index (χ2n) is 4.43. The zero-order valence-corrected chi connectivity index (χ0v) is 9.75. The molecule has 0 aliphatic rings. The van der Waals surface area contributed by atoms with E-state index in [1.54, 1.807) is 0 Å². The highest BCUT2D eigenvalue weighted by Crippen LogP contribution is 2.17. The van der Waals surface area contributed by atoms with Crippen LogP contribution in [-0.2, 0) is 0 Å². The zero-order chi connectivity index (χ0) is 11.9. The van der Waals surface area contributed by atoms with E-state index in [0.717, 1.165) is 16.6 Å². The Morgan fingerprint density at radius 1 is 0.778 bits per heavy atom. The lowest BCUT2D eigenvalue weighted by Gasteiger charge is -1.98. The summed E-state index contributed by atoms with van der Waals surface area (Å²) < 4.78 is 2.09. The van der Waals surface area contributed by atoms with Gasteiger partial charge in [0.1, 0.15) is 6.20 Å². The Morgan fingerprint density at radius 3 is 2.50 bits per heavy atom. The summed E-state index contributed by atoms with van der Waals surface area (Å²) in [6, 6.07) is 18.7. The molecule has 2 heterocycles. The van der Waals surface area contributed by atoms with Crippen molar-refractivity contribution in [2.24, 2.45) is 0 Å². The molecule has 2 heteroatoms. The predicted octanol–water partition coefficient (Wildman–Crippen LogP) is 3.13. The Morgan fingerprint density at radius 2 is 1.56 bits per heavy atom. The highest BCUT2D eigenvalue weighted by Gasteiger charge is 2.11. The molecule has 0 amide bonds. The minimum Gasteiger partial charge on any atom is -0.202 e. The molecule has 0 N–H and O–H groups in total. The van der Waals surface area contributed by atoms with E-state index in [0.29, 0.717) is 0 Å². The topological polar surface area (TPSA) is 17.0 Å². The van der Waals surface area contributed by atoms with E-state index >= 15 is 0 Å². The van der Waals surface area contributed by atoms with Crippen molar-refractivity contribution in [3.63, 3.8) is 0 Å². The number of hydrogen-bond donors (Lipinski definition) is 0. The number of rotatable bonds is 0. The van der Waals surface area contributed by atoms with E-state index in [2.05, 4.69) is 59.3 Å². The molecule has 4 aromatic rings. The second kappa shape index (κ2) is 3.50. The number of pyridine rings is 1. The molecule has 0 aliphatic heterocycles. The molecule has 2 nitrogen and oxygen atoms in total. The van der Waals surface area contributed by atoms with Crippen molar-refractivity contribution in [2.75, 3.05) is 0 Å². The number of para-hydroxylation sites is 1. The molecule has 2 aromatic carbocycles. The van der Waals surface area contributed by atoms with Gasteiger partial charge in [-0.15, -0.1) is 0 Å². The number of hydrogen-bond acceptors (Lipinski definition) is 1. The van der Waals surface area contributed by atoms with Crippen molar-refractivity contribution in [2.45, 2.75) is 0 Å². The van der Waals surface area contributed by atoms with Gasteiger partial charge in [-0.3, -0.25) is 0 Å². The predicted molar refractivity (Wildman–Crippen MR) is 72.4 cm³/mol. The SMILES string of the molecule is c1ccc2nc3c4ccccc4cc[n+]3cc2c1. The Bertz CT molecular complexity index is 875. The first-order chi connectivity index (χ1) is 8.92. The van der Waals surface area contributed by atoms with Gasteiger partial charge in [0, 0.05) is 0 Å². The lowest BCUT2D eigenvalue weighted by atomic mass is 10.1. The molecule has 0 bridgehead atoms. The van der Waals surface area contributed by atoms with Gasteiger partial charge in [0.05, 0.1) is 17.0 Å². The average molecular weight is 231 g/mol. The van der Waals surface area contributed by atoms with Crippen LogP contribution in [0.1, 0.15) is 0 Å². The smallest absolute Gasteiger partial charge is 0.202 e. The van der Waals surface area contributed by atoms with Crippen molar-refractivity contribution >= 4 is 27.3 Å². The van der Waals surface area contributed by atoms with Crippen LogP contribution in [0.2, 0.25) is 0 Å². The van der Waals surface area contributed by atoms with Gasteiger partial charge in [-0.2, -0.15) is 0 Å². The van der Waals surface area contributed by atoms with E-state index in [1.165, 1.54) is 10.8 Å². The first-order valence-corrected chi connectivity index (χ1v) is 6.00. The molecule has 0 saturated heterocycles. The largest absolute Gasteiger partial charge is 0.336 e. The normalized spacial score (nSPS) is 11.3. The lowest BCUT2D eigenvalue weighted by molar-refractivity contribution is -0.511. The molecule has 0 unspecified atom stereocenters. The summed E-state index contributed by atoms with van der Waals surface area (Å²) >= 11 is 0. The minimum atomic E-state index is 1.01. The first-order valence-electron chi connectivity index (χ1n) is 6.00. The number of nitrogens with zero attached hydrogens (tertiary/aromatic N) is 2. The molecule has 2 aromatic heterocycles. The van der Waals surface area contributed by atoms with E-state index in [-0.39, 0.29) is 0 Å².